The first kappa shape index (κ1) is 10.4. The SMILES string of the molecule is CN1CCN(Cc2ccc(=O)[nH]c2)CC1. The summed E-state index contributed by atoms with van der Waals surface area (Å²) in [5.74, 6) is 0. The highest BCUT2D eigenvalue weighted by atomic mass is 16.1. The topological polar surface area (TPSA) is 39.3 Å². The van der Waals surface area contributed by atoms with Gasteiger partial charge in [0.05, 0.1) is 0 Å². The smallest absolute Gasteiger partial charge is 0.247 e. The third-order valence-corrected chi connectivity index (χ3v) is 2.85. The summed E-state index contributed by atoms with van der Waals surface area (Å²) in [6.45, 7) is 5.41. The maximum atomic E-state index is 10.9. The van der Waals surface area contributed by atoms with Gasteiger partial charge in [0.1, 0.15) is 0 Å². The molecule has 4 nitrogen and oxygen atoms in total. The zero-order chi connectivity index (χ0) is 10.7. The normalized spacial score (nSPS) is 19.3. The summed E-state index contributed by atoms with van der Waals surface area (Å²) in [6.07, 6.45) is 1.81. The van der Waals surface area contributed by atoms with Gasteiger partial charge in [0.2, 0.25) is 5.56 Å². The molecule has 1 saturated heterocycles. The van der Waals surface area contributed by atoms with Crippen molar-refractivity contribution in [2.75, 3.05) is 33.2 Å². The molecule has 1 fully saturated rings. The van der Waals surface area contributed by atoms with E-state index in [1.165, 1.54) is 5.56 Å². The molecule has 0 saturated carbocycles. The zero-order valence-corrected chi connectivity index (χ0v) is 9.07. The minimum Gasteiger partial charge on any atom is -0.329 e. The lowest BCUT2D eigenvalue weighted by Gasteiger charge is -2.32. The van der Waals surface area contributed by atoms with Crippen molar-refractivity contribution in [1.82, 2.24) is 14.8 Å². The first-order chi connectivity index (χ1) is 7.24. The van der Waals surface area contributed by atoms with Gasteiger partial charge in [-0.05, 0) is 12.6 Å². The summed E-state index contributed by atoms with van der Waals surface area (Å²) in [5.41, 5.74) is 1.15. The number of H-pyrrole nitrogens is 1. The van der Waals surface area contributed by atoms with E-state index in [9.17, 15) is 4.79 Å². The van der Waals surface area contributed by atoms with Crippen molar-refractivity contribution < 1.29 is 0 Å². The number of nitrogens with one attached hydrogen (secondary N) is 1. The number of hydrogen-bond donors (Lipinski definition) is 1. The van der Waals surface area contributed by atoms with Gasteiger partial charge in [-0.2, -0.15) is 0 Å². The largest absolute Gasteiger partial charge is 0.329 e. The average molecular weight is 207 g/mol. The minimum atomic E-state index is -0.0304. The molecule has 2 heterocycles. The lowest BCUT2D eigenvalue weighted by Crippen LogP contribution is -2.43. The Kier molecular flexibility index (Phi) is 3.18. The minimum absolute atomic E-state index is 0.0304. The van der Waals surface area contributed by atoms with Crippen molar-refractivity contribution in [2.45, 2.75) is 6.54 Å². The Balaban J connectivity index is 1.92. The van der Waals surface area contributed by atoms with Crippen molar-refractivity contribution in [1.29, 1.82) is 0 Å². The van der Waals surface area contributed by atoms with E-state index in [2.05, 4.69) is 21.8 Å². The van der Waals surface area contributed by atoms with Gasteiger partial charge in [0.25, 0.3) is 0 Å². The van der Waals surface area contributed by atoms with Gasteiger partial charge in [-0.3, -0.25) is 9.69 Å². The first-order valence-electron chi connectivity index (χ1n) is 5.32. The van der Waals surface area contributed by atoms with Crippen LogP contribution in [0.1, 0.15) is 5.56 Å². The summed E-state index contributed by atoms with van der Waals surface area (Å²) in [7, 11) is 2.15. The molecule has 1 aromatic rings. The van der Waals surface area contributed by atoms with Crippen molar-refractivity contribution in [3.8, 4) is 0 Å². The number of pyridine rings is 1. The molecule has 0 bridgehead atoms. The van der Waals surface area contributed by atoms with E-state index in [0.29, 0.717) is 0 Å². The maximum Gasteiger partial charge on any atom is 0.247 e. The van der Waals surface area contributed by atoms with Crippen molar-refractivity contribution in [3.63, 3.8) is 0 Å². The Bertz CT molecular complexity index is 346. The lowest BCUT2D eigenvalue weighted by atomic mass is 10.2. The standard InChI is InChI=1S/C11H17N3O/c1-13-4-6-14(7-5-13)9-10-2-3-11(15)12-8-10/h2-3,8H,4-7,9H2,1H3,(H,12,15). The summed E-state index contributed by atoms with van der Waals surface area (Å²) >= 11 is 0. The fraction of sp³-hybridized carbons (Fsp3) is 0.545. The molecule has 0 atom stereocenters. The van der Waals surface area contributed by atoms with Gasteiger partial charge in [-0.15, -0.1) is 0 Å². The van der Waals surface area contributed by atoms with E-state index < -0.39 is 0 Å². The van der Waals surface area contributed by atoms with Crippen LogP contribution in [0.2, 0.25) is 0 Å². The second kappa shape index (κ2) is 4.59. The van der Waals surface area contributed by atoms with Gasteiger partial charge in [-0.25, -0.2) is 0 Å². The first-order valence-corrected chi connectivity index (χ1v) is 5.32. The molecule has 1 N–H and O–H groups in total. The highest BCUT2D eigenvalue weighted by molar-refractivity contribution is 5.08. The molecule has 2 rings (SSSR count). The van der Waals surface area contributed by atoms with Crippen molar-refractivity contribution >= 4 is 0 Å². The Morgan fingerprint density at radius 1 is 1.27 bits per heavy atom. The lowest BCUT2D eigenvalue weighted by molar-refractivity contribution is 0.148. The molecule has 0 spiro atoms. The van der Waals surface area contributed by atoms with Crippen LogP contribution in [0.15, 0.2) is 23.1 Å². The molecule has 0 radical (unpaired) electrons. The van der Waals surface area contributed by atoms with E-state index in [-0.39, 0.29) is 5.56 Å². The molecule has 1 aliphatic heterocycles. The Morgan fingerprint density at radius 2 is 2.00 bits per heavy atom. The van der Waals surface area contributed by atoms with E-state index >= 15 is 0 Å². The van der Waals surface area contributed by atoms with E-state index in [1.54, 1.807) is 12.3 Å². The van der Waals surface area contributed by atoms with Crippen LogP contribution < -0.4 is 5.56 Å². The van der Waals surface area contributed by atoms with Crippen LogP contribution in [0.4, 0.5) is 0 Å². The quantitative estimate of drug-likeness (QED) is 0.749. The summed E-state index contributed by atoms with van der Waals surface area (Å²) < 4.78 is 0. The highest BCUT2D eigenvalue weighted by Crippen LogP contribution is 2.05. The number of aromatic nitrogens is 1. The molecular formula is C11H17N3O. The van der Waals surface area contributed by atoms with E-state index in [4.69, 9.17) is 0 Å². The molecule has 0 aliphatic carbocycles. The van der Waals surface area contributed by atoms with E-state index in [0.717, 1.165) is 32.7 Å². The molecule has 15 heavy (non-hydrogen) atoms. The molecule has 0 unspecified atom stereocenters. The molecule has 4 heteroatoms. The predicted octanol–water partition coefficient (Wildman–Crippen LogP) is 0.122. The van der Waals surface area contributed by atoms with Crippen LogP contribution >= 0.6 is 0 Å². The molecule has 0 amide bonds. The number of aromatic amines is 1. The third kappa shape index (κ3) is 2.91. The third-order valence-electron chi connectivity index (χ3n) is 2.85. The van der Waals surface area contributed by atoms with Crippen LogP contribution in [-0.4, -0.2) is 48.0 Å². The highest BCUT2D eigenvalue weighted by Gasteiger charge is 2.13. The number of piperazine rings is 1. The molecule has 1 aliphatic rings. The van der Waals surface area contributed by atoms with Crippen LogP contribution in [0, 0.1) is 0 Å². The molecular weight excluding hydrogens is 190 g/mol. The molecule has 82 valence electrons. The maximum absolute atomic E-state index is 10.9. The summed E-state index contributed by atoms with van der Waals surface area (Å²) in [4.78, 5) is 18.3. The zero-order valence-electron chi connectivity index (χ0n) is 9.07. The van der Waals surface area contributed by atoms with Crippen LogP contribution in [0.3, 0.4) is 0 Å². The summed E-state index contributed by atoms with van der Waals surface area (Å²) in [5, 5.41) is 0. The second-order valence-electron chi connectivity index (χ2n) is 4.14. The van der Waals surface area contributed by atoms with E-state index in [1.807, 2.05) is 6.07 Å². The van der Waals surface area contributed by atoms with Crippen molar-refractivity contribution in [2.24, 2.45) is 0 Å². The van der Waals surface area contributed by atoms with Gasteiger partial charge in [-0.1, -0.05) is 6.07 Å². The number of hydrogen-bond acceptors (Lipinski definition) is 3. The monoisotopic (exact) mass is 207 g/mol. The van der Waals surface area contributed by atoms with Gasteiger partial charge >= 0.3 is 0 Å². The second-order valence-corrected chi connectivity index (χ2v) is 4.14. The average Bonchev–Trinajstić information content (AvgIpc) is 2.25. The Hall–Kier alpha value is -1.13. The predicted molar refractivity (Wildman–Crippen MR) is 59.8 cm³/mol. The van der Waals surface area contributed by atoms with Crippen molar-refractivity contribution in [3.05, 3.63) is 34.2 Å². The number of nitrogens with zero attached hydrogens (tertiary/aromatic N) is 2. The van der Waals surface area contributed by atoms with Crippen LogP contribution in [0.25, 0.3) is 0 Å². The van der Waals surface area contributed by atoms with Gasteiger partial charge in [0.15, 0.2) is 0 Å². The Labute approximate surface area is 89.5 Å². The van der Waals surface area contributed by atoms with Crippen LogP contribution in [0.5, 0.6) is 0 Å². The van der Waals surface area contributed by atoms with Crippen LogP contribution in [-0.2, 0) is 6.54 Å². The Morgan fingerprint density at radius 3 is 2.60 bits per heavy atom. The molecule has 0 aromatic carbocycles. The fourth-order valence-electron chi connectivity index (χ4n) is 1.81. The number of likely N-dealkylation sites (N-methyl/N-ethyl adjacent to an activating group) is 1. The fourth-order valence-corrected chi connectivity index (χ4v) is 1.81. The summed E-state index contributed by atoms with van der Waals surface area (Å²) in [6, 6.07) is 3.49. The van der Waals surface area contributed by atoms with Gasteiger partial charge < -0.3 is 9.88 Å². The molecule has 1 aromatic heterocycles. The van der Waals surface area contributed by atoms with Gasteiger partial charge in [0, 0.05) is 45.0 Å². The number of rotatable bonds is 2.